The van der Waals surface area contributed by atoms with Gasteiger partial charge < -0.3 is 10.5 Å². The van der Waals surface area contributed by atoms with Gasteiger partial charge in [0, 0.05) is 0 Å². The maximum absolute atomic E-state index is 11.5. The van der Waals surface area contributed by atoms with E-state index in [1.54, 1.807) is 4.68 Å². The minimum Gasteiger partial charge on any atom is -0.465 e. The van der Waals surface area contributed by atoms with Crippen LogP contribution in [0.25, 0.3) is 5.69 Å². The third-order valence-corrected chi connectivity index (χ3v) is 3.00. The van der Waals surface area contributed by atoms with Crippen LogP contribution in [0.3, 0.4) is 0 Å². The molecule has 2 aromatic rings. The number of nitrogen functional groups attached to an aromatic ring is 1. The highest BCUT2D eigenvalue weighted by Gasteiger charge is 2.18. The molecule has 0 aliphatic carbocycles. The van der Waals surface area contributed by atoms with Crippen LogP contribution in [0.4, 0.5) is 5.82 Å². The number of hydrogen-bond acceptors (Lipinski definition) is 4. The Labute approximate surface area is 112 Å². The Morgan fingerprint density at radius 2 is 2.05 bits per heavy atom. The number of anilines is 1. The number of carbonyl (C=O) groups excluding carboxylic acids is 1. The summed E-state index contributed by atoms with van der Waals surface area (Å²) in [6.07, 6.45) is 1.43. The molecule has 0 spiro atoms. The standard InChI is InChI=1S/C14H17N3O2/c1-9(2)10-6-4-5-7-12(10)17-13(15)11(8-16-17)14(18)19-3/h4-9H,15H2,1-3H3. The molecule has 0 saturated heterocycles. The molecular formula is C14H17N3O2. The zero-order chi connectivity index (χ0) is 14.0. The van der Waals surface area contributed by atoms with Gasteiger partial charge in [0.1, 0.15) is 11.4 Å². The number of benzene rings is 1. The van der Waals surface area contributed by atoms with Gasteiger partial charge in [-0.3, -0.25) is 0 Å². The SMILES string of the molecule is COC(=O)c1cnn(-c2ccccc2C(C)C)c1N. The fraction of sp³-hybridized carbons (Fsp3) is 0.286. The van der Waals surface area contributed by atoms with Crippen LogP contribution in [0.15, 0.2) is 30.5 Å². The first-order valence-electron chi connectivity index (χ1n) is 6.07. The Morgan fingerprint density at radius 1 is 1.37 bits per heavy atom. The maximum Gasteiger partial charge on any atom is 0.343 e. The van der Waals surface area contributed by atoms with Crippen LogP contribution in [0, 0.1) is 0 Å². The lowest BCUT2D eigenvalue weighted by Gasteiger charge is -2.13. The number of para-hydroxylation sites is 1. The summed E-state index contributed by atoms with van der Waals surface area (Å²) in [5.74, 6) is 0.145. The fourth-order valence-corrected chi connectivity index (χ4v) is 1.99. The van der Waals surface area contributed by atoms with Crippen molar-refractivity contribution in [1.29, 1.82) is 0 Å². The van der Waals surface area contributed by atoms with Crippen molar-refractivity contribution in [2.24, 2.45) is 0 Å². The molecule has 1 aromatic heterocycles. The molecule has 1 heterocycles. The number of nitrogens with two attached hydrogens (primary N) is 1. The summed E-state index contributed by atoms with van der Waals surface area (Å²) < 4.78 is 6.24. The summed E-state index contributed by atoms with van der Waals surface area (Å²) in [6.45, 7) is 4.19. The third kappa shape index (κ3) is 2.31. The fourth-order valence-electron chi connectivity index (χ4n) is 1.99. The number of hydrogen-bond donors (Lipinski definition) is 1. The Hall–Kier alpha value is -2.30. The summed E-state index contributed by atoms with van der Waals surface area (Å²) in [4.78, 5) is 11.5. The molecule has 1 aromatic carbocycles. The van der Waals surface area contributed by atoms with E-state index in [0.717, 1.165) is 11.3 Å². The van der Waals surface area contributed by atoms with Crippen LogP contribution in [-0.4, -0.2) is 22.9 Å². The van der Waals surface area contributed by atoms with E-state index in [4.69, 9.17) is 5.73 Å². The molecule has 0 saturated carbocycles. The first-order valence-corrected chi connectivity index (χ1v) is 6.07. The van der Waals surface area contributed by atoms with Crippen LogP contribution in [-0.2, 0) is 4.74 Å². The predicted octanol–water partition coefficient (Wildman–Crippen LogP) is 2.36. The minimum absolute atomic E-state index is 0.279. The molecule has 5 heteroatoms. The molecule has 0 unspecified atom stereocenters. The molecule has 100 valence electrons. The van der Waals surface area contributed by atoms with Crippen LogP contribution in [0.2, 0.25) is 0 Å². The van der Waals surface area contributed by atoms with Crippen molar-refractivity contribution >= 4 is 11.8 Å². The van der Waals surface area contributed by atoms with Gasteiger partial charge in [0.05, 0.1) is 19.0 Å². The van der Waals surface area contributed by atoms with Crippen molar-refractivity contribution in [1.82, 2.24) is 9.78 Å². The van der Waals surface area contributed by atoms with Crippen LogP contribution < -0.4 is 5.73 Å². The first kappa shape index (κ1) is 13.1. The van der Waals surface area contributed by atoms with E-state index in [-0.39, 0.29) is 5.56 Å². The summed E-state index contributed by atoms with van der Waals surface area (Å²) >= 11 is 0. The van der Waals surface area contributed by atoms with Gasteiger partial charge in [-0.15, -0.1) is 0 Å². The van der Waals surface area contributed by atoms with Crippen molar-refractivity contribution in [3.8, 4) is 5.69 Å². The highest BCUT2D eigenvalue weighted by Crippen LogP contribution is 2.25. The number of rotatable bonds is 3. The van der Waals surface area contributed by atoms with Crippen LogP contribution in [0.5, 0.6) is 0 Å². The van der Waals surface area contributed by atoms with Crippen molar-refractivity contribution in [2.75, 3.05) is 12.8 Å². The number of carbonyl (C=O) groups is 1. The monoisotopic (exact) mass is 259 g/mol. The van der Waals surface area contributed by atoms with Crippen molar-refractivity contribution < 1.29 is 9.53 Å². The normalized spacial score (nSPS) is 10.7. The third-order valence-electron chi connectivity index (χ3n) is 3.00. The highest BCUT2D eigenvalue weighted by atomic mass is 16.5. The average Bonchev–Trinajstić information content (AvgIpc) is 2.79. The van der Waals surface area contributed by atoms with Crippen molar-refractivity contribution in [3.63, 3.8) is 0 Å². The van der Waals surface area contributed by atoms with E-state index in [1.807, 2.05) is 24.3 Å². The van der Waals surface area contributed by atoms with Crippen molar-refractivity contribution in [2.45, 2.75) is 19.8 Å². The van der Waals surface area contributed by atoms with Gasteiger partial charge in [-0.25, -0.2) is 9.48 Å². The van der Waals surface area contributed by atoms with Gasteiger partial charge in [-0.1, -0.05) is 32.0 Å². The number of methoxy groups -OCH3 is 1. The molecule has 0 fully saturated rings. The number of aromatic nitrogens is 2. The second-order valence-electron chi connectivity index (χ2n) is 4.56. The maximum atomic E-state index is 11.5. The Morgan fingerprint density at radius 3 is 2.68 bits per heavy atom. The Kier molecular flexibility index (Phi) is 3.55. The quantitative estimate of drug-likeness (QED) is 0.859. The lowest BCUT2D eigenvalue weighted by molar-refractivity contribution is 0.0602. The van der Waals surface area contributed by atoms with Gasteiger partial charge in [0.2, 0.25) is 0 Å². The summed E-state index contributed by atoms with van der Waals surface area (Å²) in [6, 6.07) is 7.85. The smallest absolute Gasteiger partial charge is 0.343 e. The molecule has 0 radical (unpaired) electrons. The molecule has 2 N–H and O–H groups in total. The van der Waals surface area contributed by atoms with E-state index in [0.29, 0.717) is 11.7 Å². The zero-order valence-electron chi connectivity index (χ0n) is 11.3. The summed E-state index contributed by atoms with van der Waals surface area (Å²) in [5.41, 5.74) is 8.26. The minimum atomic E-state index is -0.481. The Balaban J connectivity index is 2.55. The largest absolute Gasteiger partial charge is 0.465 e. The predicted molar refractivity (Wildman–Crippen MR) is 73.4 cm³/mol. The molecule has 19 heavy (non-hydrogen) atoms. The van der Waals surface area contributed by atoms with Gasteiger partial charge in [0.15, 0.2) is 0 Å². The molecule has 0 atom stereocenters. The first-order chi connectivity index (χ1) is 9.06. The second kappa shape index (κ2) is 5.14. The van der Waals surface area contributed by atoms with E-state index in [9.17, 15) is 4.79 Å². The number of ether oxygens (including phenoxy) is 1. The van der Waals surface area contributed by atoms with E-state index in [1.165, 1.54) is 13.3 Å². The van der Waals surface area contributed by atoms with Gasteiger partial charge in [-0.2, -0.15) is 5.10 Å². The van der Waals surface area contributed by atoms with E-state index >= 15 is 0 Å². The topological polar surface area (TPSA) is 70.1 Å². The zero-order valence-corrected chi connectivity index (χ0v) is 11.3. The van der Waals surface area contributed by atoms with Gasteiger partial charge in [0.25, 0.3) is 0 Å². The molecule has 0 aliphatic rings. The summed E-state index contributed by atoms with van der Waals surface area (Å²) in [5, 5.41) is 4.19. The van der Waals surface area contributed by atoms with Crippen LogP contribution >= 0.6 is 0 Å². The molecule has 0 aliphatic heterocycles. The second-order valence-corrected chi connectivity index (χ2v) is 4.56. The van der Waals surface area contributed by atoms with Gasteiger partial charge in [-0.05, 0) is 17.5 Å². The Bertz CT molecular complexity index is 602. The molecule has 2 rings (SSSR count). The molecule has 0 bridgehead atoms. The number of nitrogens with zero attached hydrogens (tertiary/aromatic N) is 2. The summed E-state index contributed by atoms with van der Waals surface area (Å²) in [7, 11) is 1.32. The molecule has 0 amide bonds. The number of esters is 1. The van der Waals surface area contributed by atoms with E-state index in [2.05, 4.69) is 23.7 Å². The highest BCUT2D eigenvalue weighted by molar-refractivity contribution is 5.94. The van der Waals surface area contributed by atoms with E-state index < -0.39 is 5.97 Å². The average molecular weight is 259 g/mol. The molecule has 5 nitrogen and oxygen atoms in total. The van der Waals surface area contributed by atoms with Crippen molar-refractivity contribution in [3.05, 3.63) is 41.6 Å². The lowest BCUT2D eigenvalue weighted by Crippen LogP contribution is -2.09. The molecular weight excluding hydrogens is 242 g/mol. The van der Waals surface area contributed by atoms with Crippen LogP contribution in [0.1, 0.15) is 35.7 Å². The lowest BCUT2D eigenvalue weighted by atomic mass is 10.0. The van der Waals surface area contributed by atoms with Gasteiger partial charge >= 0.3 is 5.97 Å².